The van der Waals surface area contributed by atoms with Crippen molar-refractivity contribution in [3.63, 3.8) is 0 Å². The van der Waals surface area contributed by atoms with Crippen molar-refractivity contribution in [2.24, 2.45) is 0 Å². The maximum Gasteiger partial charge on any atom is 0.273 e. The highest BCUT2D eigenvalue weighted by Crippen LogP contribution is 2.25. The van der Waals surface area contributed by atoms with Crippen LogP contribution in [0.25, 0.3) is 6.08 Å². The van der Waals surface area contributed by atoms with Crippen molar-refractivity contribution in [1.29, 1.82) is 0 Å². The number of carbonyl (C=O) groups is 1. The van der Waals surface area contributed by atoms with Gasteiger partial charge in [0, 0.05) is 38.3 Å². The van der Waals surface area contributed by atoms with Gasteiger partial charge in [-0.1, -0.05) is 35.5 Å². The zero-order valence-electron chi connectivity index (χ0n) is 11.9. The highest BCUT2D eigenvalue weighted by atomic mass is 16.5. The molecule has 0 unspecified atom stereocenters. The minimum atomic E-state index is -0.226. The molecule has 0 bridgehead atoms. The van der Waals surface area contributed by atoms with Crippen molar-refractivity contribution in [3.05, 3.63) is 53.4 Å². The summed E-state index contributed by atoms with van der Waals surface area (Å²) in [5.41, 5.74) is 2.78. The lowest BCUT2D eigenvalue weighted by Crippen LogP contribution is -2.28. The molecule has 1 aromatic carbocycles. The quantitative estimate of drug-likeness (QED) is 0.933. The van der Waals surface area contributed by atoms with Crippen molar-refractivity contribution >= 4 is 17.7 Å². The van der Waals surface area contributed by atoms with E-state index in [2.05, 4.69) is 39.7 Å². The van der Waals surface area contributed by atoms with Gasteiger partial charge in [0.1, 0.15) is 5.76 Å². The predicted molar refractivity (Wildman–Crippen MR) is 81.3 cm³/mol. The molecule has 1 N–H and O–H groups in total. The van der Waals surface area contributed by atoms with Gasteiger partial charge in [0.05, 0.1) is 0 Å². The Kier molecular flexibility index (Phi) is 3.73. The van der Waals surface area contributed by atoms with Crippen molar-refractivity contribution in [2.45, 2.75) is 6.42 Å². The zero-order chi connectivity index (χ0) is 14.7. The molecule has 0 aliphatic carbocycles. The van der Waals surface area contributed by atoms with Crippen LogP contribution in [0.5, 0.6) is 0 Å². The molecule has 3 rings (SSSR count). The van der Waals surface area contributed by atoms with Crippen LogP contribution in [-0.2, 0) is 6.42 Å². The largest absolute Gasteiger partial charge is 0.367 e. The third-order valence-electron chi connectivity index (χ3n) is 3.55. The number of anilines is 1. The van der Waals surface area contributed by atoms with Gasteiger partial charge in [0.25, 0.3) is 5.91 Å². The third kappa shape index (κ3) is 2.81. The first kappa shape index (κ1) is 13.4. The van der Waals surface area contributed by atoms with Gasteiger partial charge in [-0.3, -0.25) is 4.79 Å². The lowest BCUT2D eigenvalue weighted by Gasteiger charge is -2.27. The maximum atomic E-state index is 11.4. The van der Waals surface area contributed by atoms with Gasteiger partial charge < -0.3 is 14.7 Å². The SMILES string of the molecule is CNC(=O)c1cc(CCN2CC=Cc3ccccc32)on1. The van der Waals surface area contributed by atoms with Crippen LogP contribution in [0.2, 0.25) is 0 Å². The average molecular weight is 283 g/mol. The normalized spacial score (nSPS) is 13.1. The Labute approximate surface area is 123 Å². The fourth-order valence-corrected chi connectivity index (χ4v) is 2.44. The van der Waals surface area contributed by atoms with Crippen LogP contribution in [0.4, 0.5) is 5.69 Å². The molecule has 0 saturated heterocycles. The molecule has 0 spiro atoms. The molecule has 0 radical (unpaired) electrons. The van der Waals surface area contributed by atoms with Crippen LogP contribution in [0.15, 0.2) is 40.9 Å². The number of nitrogens with zero attached hydrogens (tertiary/aromatic N) is 2. The summed E-state index contributed by atoms with van der Waals surface area (Å²) in [4.78, 5) is 13.7. The lowest BCUT2D eigenvalue weighted by molar-refractivity contribution is 0.0954. The smallest absolute Gasteiger partial charge is 0.273 e. The van der Waals surface area contributed by atoms with Crippen LogP contribution >= 0.6 is 0 Å². The van der Waals surface area contributed by atoms with E-state index in [1.807, 2.05) is 12.1 Å². The van der Waals surface area contributed by atoms with E-state index in [9.17, 15) is 4.79 Å². The highest BCUT2D eigenvalue weighted by molar-refractivity contribution is 5.91. The molecular formula is C16H17N3O2. The van der Waals surface area contributed by atoms with Crippen LogP contribution in [0.1, 0.15) is 21.8 Å². The first-order chi connectivity index (χ1) is 10.3. The number of benzene rings is 1. The highest BCUT2D eigenvalue weighted by Gasteiger charge is 2.15. The number of carbonyl (C=O) groups excluding carboxylic acids is 1. The molecule has 1 aromatic heterocycles. The Bertz CT molecular complexity index is 676. The van der Waals surface area contributed by atoms with E-state index in [1.165, 1.54) is 11.3 Å². The van der Waals surface area contributed by atoms with Gasteiger partial charge in [-0.05, 0) is 11.6 Å². The number of fused-ring (bicyclic) bond motifs is 1. The molecule has 2 heterocycles. The topological polar surface area (TPSA) is 58.4 Å². The first-order valence-corrected chi connectivity index (χ1v) is 6.96. The number of rotatable bonds is 4. The van der Waals surface area contributed by atoms with Gasteiger partial charge in [0.15, 0.2) is 5.69 Å². The van der Waals surface area contributed by atoms with E-state index in [0.29, 0.717) is 12.1 Å². The number of hydrogen-bond acceptors (Lipinski definition) is 4. The summed E-state index contributed by atoms with van der Waals surface area (Å²) in [5, 5.41) is 6.31. The predicted octanol–water partition coefficient (Wildman–Crippen LogP) is 2.11. The van der Waals surface area contributed by atoms with E-state index < -0.39 is 0 Å². The molecule has 1 amide bonds. The van der Waals surface area contributed by atoms with E-state index in [1.54, 1.807) is 13.1 Å². The number of amides is 1. The molecular weight excluding hydrogens is 266 g/mol. The van der Waals surface area contributed by atoms with Crippen LogP contribution < -0.4 is 10.2 Å². The molecule has 1 aliphatic heterocycles. The van der Waals surface area contributed by atoms with Gasteiger partial charge in [-0.25, -0.2) is 0 Å². The summed E-state index contributed by atoms with van der Waals surface area (Å²) in [6.07, 6.45) is 5.01. The fourth-order valence-electron chi connectivity index (χ4n) is 2.44. The molecule has 5 nitrogen and oxygen atoms in total. The van der Waals surface area contributed by atoms with Gasteiger partial charge in [-0.15, -0.1) is 0 Å². The minimum absolute atomic E-state index is 0.226. The Morgan fingerprint density at radius 1 is 1.43 bits per heavy atom. The molecule has 1 aliphatic rings. The number of aromatic nitrogens is 1. The lowest BCUT2D eigenvalue weighted by atomic mass is 10.1. The second-order valence-electron chi connectivity index (χ2n) is 4.91. The Morgan fingerprint density at radius 2 is 2.29 bits per heavy atom. The molecule has 2 aromatic rings. The molecule has 5 heteroatoms. The van der Waals surface area contributed by atoms with Crippen LogP contribution in [0.3, 0.4) is 0 Å². The van der Waals surface area contributed by atoms with Gasteiger partial charge in [0.2, 0.25) is 0 Å². The van der Waals surface area contributed by atoms with Crippen LogP contribution in [-0.4, -0.2) is 31.2 Å². The molecule has 0 atom stereocenters. The van der Waals surface area contributed by atoms with Crippen molar-refractivity contribution in [3.8, 4) is 0 Å². The number of para-hydroxylation sites is 1. The standard InChI is InChI=1S/C16H17N3O2/c1-17-16(20)14-11-13(21-18-14)8-10-19-9-4-6-12-5-2-3-7-15(12)19/h2-7,11H,8-10H2,1H3,(H,17,20). The number of hydrogen-bond donors (Lipinski definition) is 1. The molecule has 108 valence electrons. The zero-order valence-corrected chi connectivity index (χ0v) is 11.9. The van der Waals surface area contributed by atoms with Crippen LogP contribution in [0, 0.1) is 0 Å². The molecule has 0 fully saturated rings. The Morgan fingerprint density at radius 3 is 3.14 bits per heavy atom. The molecule has 0 saturated carbocycles. The summed E-state index contributed by atoms with van der Waals surface area (Å²) in [6.45, 7) is 1.71. The third-order valence-corrected chi connectivity index (χ3v) is 3.55. The summed E-state index contributed by atoms with van der Waals surface area (Å²) in [6, 6.07) is 10.0. The Hall–Kier alpha value is -2.56. The monoisotopic (exact) mass is 283 g/mol. The second kappa shape index (κ2) is 5.83. The summed E-state index contributed by atoms with van der Waals surface area (Å²) in [7, 11) is 1.58. The maximum absolute atomic E-state index is 11.4. The summed E-state index contributed by atoms with van der Waals surface area (Å²) < 4.78 is 5.21. The van der Waals surface area contributed by atoms with E-state index in [0.717, 1.165) is 18.8 Å². The van der Waals surface area contributed by atoms with Crippen molar-refractivity contribution in [1.82, 2.24) is 10.5 Å². The second-order valence-corrected chi connectivity index (χ2v) is 4.91. The number of nitrogens with one attached hydrogen (secondary N) is 1. The first-order valence-electron chi connectivity index (χ1n) is 6.96. The van der Waals surface area contributed by atoms with Crippen molar-refractivity contribution in [2.75, 3.05) is 25.0 Å². The van der Waals surface area contributed by atoms with E-state index >= 15 is 0 Å². The molecule has 21 heavy (non-hydrogen) atoms. The van der Waals surface area contributed by atoms with E-state index in [-0.39, 0.29) is 5.91 Å². The van der Waals surface area contributed by atoms with E-state index in [4.69, 9.17) is 4.52 Å². The van der Waals surface area contributed by atoms with Gasteiger partial charge in [-0.2, -0.15) is 0 Å². The average Bonchev–Trinajstić information content (AvgIpc) is 3.01. The van der Waals surface area contributed by atoms with Gasteiger partial charge >= 0.3 is 0 Å². The Balaban J connectivity index is 1.67. The summed E-state index contributed by atoms with van der Waals surface area (Å²) in [5.74, 6) is 0.497. The summed E-state index contributed by atoms with van der Waals surface area (Å²) >= 11 is 0. The fraction of sp³-hybridized carbons (Fsp3) is 0.250. The minimum Gasteiger partial charge on any atom is -0.367 e. The van der Waals surface area contributed by atoms with Crippen molar-refractivity contribution < 1.29 is 9.32 Å².